The normalized spacial score (nSPS) is 26.1. The molecule has 0 radical (unpaired) electrons. The second-order valence-electron chi connectivity index (χ2n) is 3.58. The van der Waals surface area contributed by atoms with Gasteiger partial charge in [0.15, 0.2) is 0 Å². The lowest BCUT2D eigenvalue weighted by atomic mass is 9.93. The molecule has 11 heavy (non-hydrogen) atoms. The Hall–Kier alpha value is -0.300. The first-order valence-electron chi connectivity index (χ1n) is 4.53. The summed E-state index contributed by atoms with van der Waals surface area (Å²) < 4.78 is 5.70. The third kappa shape index (κ3) is 2.66. The molecule has 0 amide bonds. The number of ether oxygens (including phenoxy) is 1. The molecule has 0 aromatic rings. The van der Waals surface area contributed by atoms with Crippen LogP contribution in [-0.2, 0) is 4.74 Å². The fraction of sp³-hybridized carbons (Fsp3) is 0.800. The molecule has 0 bridgehead atoms. The fourth-order valence-electron chi connectivity index (χ4n) is 1.54. The van der Waals surface area contributed by atoms with Crippen LogP contribution < -0.4 is 0 Å². The van der Waals surface area contributed by atoms with E-state index in [2.05, 4.69) is 20.4 Å². The van der Waals surface area contributed by atoms with Gasteiger partial charge < -0.3 is 4.74 Å². The van der Waals surface area contributed by atoms with E-state index in [1.54, 1.807) is 0 Å². The van der Waals surface area contributed by atoms with Crippen LogP contribution in [0.15, 0.2) is 12.2 Å². The van der Waals surface area contributed by atoms with Gasteiger partial charge in [0.05, 0.1) is 12.2 Å². The molecular formula is C10H18O. The zero-order valence-corrected chi connectivity index (χ0v) is 7.60. The standard InChI is InChI=1S/C10H18O/c1-8(2)11-10-7-5-4-6-9(10)3/h8,10H,3-7H2,1-2H3. The van der Waals surface area contributed by atoms with E-state index in [0.29, 0.717) is 12.2 Å². The minimum Gasteiger partial charge on any atom is -0.371 e. The molecule has 0 N–H and O–H groups in total. The average molecular weight is 154 g/mol. The second-order valence-corrected chi connectivity index (χ2v) is 3.58. The average Bonchev–Trinajstić information content (AvgIpc) is 1.93. The first kappa shape index (κ1) is 8.79. The van der Waals surface area contributed by atoms with Crippen molar-refractivity contribution in [3.63, 3.8) is 0 Å². The van der Waals surface area contributed by atoms with Crippen LogP contribution in [0.5, 0.6) is 0 Å². The molecule has 1 rings (SSSR count). The largest absolute Gasteiger partial charge is 0.371 e. The summed E-state index contributed by atoms with van der Waals surface area (Å²) in [4.78, 5) is 0. The summed E-state index contributed by atoms with van der Waals surface area (Å²) in [7, 11) is 0. The lowest BCUT2D eigenvalue weighted by molar-refractivity contribution is 0.0161. The van der Waals surface area contributed by atoms with Gasteiger partial charge >= 0.3 is 0 Å². The zero-order valence-electron chi connectivity index (χ0n) is 7.60. The van der Waals surface area contributed by atoms with Gasteiger partial charge in [-0.05, 0) is 38.7 Å². The van der Waals surface area contributed by atoms with Crippen molar-refractivity contribution in [2.24, 2.45) is 0 Å². The predicted octanol–water partition coefficient (Wildman–Crippen LogP) is 2.91. The number of hydrogen-bond donors (Lipinski definition) is 0. The third-order valence-corrected chi connectivity index (χ3v) is 2.11. The van der Waals surface area contributed by atoms with Crippen LogP contribution in [0.1, 0.15) is 39.5 Å². The first-order valence-corrected chi connectivity index (χ1v) is 4.53. The Labute approximate surface area is 69.4 Å². The highest BCUT2D eigenvalue weighted by Gasteiger charge is 2.18. The van der Waals surface area contributed by atoms with Crippen LogP contribution in [0.3, 0.4) is 0 Å². The smallest absolute Gasteiger partial charge is 0.0785 e. The third-order valence-electron chi connectivity index (χ3n) is 2.11. The molecule has 1 nitrogen and oxygen atoms in total. The molecule has 0 heterocycles. The quantitative estimate of drug-likeness (QED) is 0.556. The predicted molar refractivity (Wildman–Crippen MR) is 47.6 cm³/mol. The summed E-state index contributed by atoms with van der Waals surface area (Å²) in [6.45, 7) is 8.19. The van der Waals surface area contributed by atoms with E-state index in [4.69, 9.17) is 4.74 Å². The minimum absolute atomic E-state index is 0.342. The highest BCUT2D eigenvalue weighted by molar-refractivity contribution is 5.05. The van der Waals surface area contributed by atoms with E-state index >= 15 is 0 Å². The summed E-state index contributed by atoms with van der Waals surface area (Å²) in [6, 6.07) is 0. The second kappa shape index (κ2) is 3.91. The molecule has 1 aliphatic carbocycles. The summed E-state index contributed by atoms with van der Waals surface area (Å²) in [5, 5.41) is 0. The van der Waals surface area contributed by atoms with Crippen LogP contribution >= 0.6 is 0 Å². The Kier molecular flexibility index (Phi) is 3.13. The molecule has 0 aliphatic heterocycles. The fourth-order valence-corrected chi connectivity index (χ4v) is 1.54. The lowest BCUT2D eigenvalue weighted by Crippen LogP contribution is -2.22. The molecule has 1 atom stereocenters. The van der Waals surface area contributed by atoms with E-state index in [0.717, 1.165) is 6.42 Å². The van der Waals surface area contributed by atoms with Crippen molar-refractivity contribution in [1.82, 2.24) is 0 Å². The Morgan fingerprint density at radius 2 is 2.18 bits per heavy atom. The van der Waals surface area contributed by atoms with Gasteiger partial charge in [-0.25, -0.2) is 0 Å². The first-order chi connectivity index (χ1) is 5.20. The molecule has 1 aliphatic rings. The molecule has 0 saturated heterocycles. The van der Waals surface area contributed by atoms with Gasteiger partial charge in [-0.15, -0.1) is 0 Å². The van der Waals surface area contributed by atoms with Gasteiger partial charge in [-0.1, -0.05) is 13.0 Å². The summed E-state index contributed by atoms with van der Waals surface area (Å²) >= 11 is 0. The van der Waals surface area contributed by atoms with Crippen molar-refractivity contribution in [3.05, 3.63) is 12.2 Å². The van der Waals surface area contributed by atoms with Crippen LogP contribution in [-0.4, -0.2) is 12.2 Å². The monoisotopic (exact) mass is 154 g/mol. The van der Waals surface area contributed by atoms with Crippen molar-refractivity contribution in [1.29, 1.82) is 0 Å². The Bertz CT molecular complexity index is 138. The van der Waals surface area contributed by atoms with E-state index in [9.17, 15) is 0 Å². The Balaban J connectivity index is 2.36. The highest BCUT2D eigenvalue weighted by atomic mass is 16.5. The van der Waals surface area contributed by atoms with E-state index in [1.165, 1.54) is 24.8 Å². The summed E-state index contributed by atoms with van der Waals surface area (Å²) in [6.07, 6.45) is 5.64. The van der Waals surface area contributed by atoms with E-state index < -0.39 is 0 Å². The van der Waals surface area contributed by atoms with Crippen molar-refractivity contribution in [2.45, 2.75) is 51.7 Å². The maximum atomic E-state index is 5.70. The van der Waals surface area contributed by atoms with Gasteiger partial charge in [-0.3, -0.25) is 0 Å². The van der Waals surface area contributed by atoms with Crippen LogP contribution in [0.25, 0.3) is 0 Å². The molecule has 0 spiro atoms. The van der Waals surface area contributed by atoms with E-state index in [1.807, 2.05) is 0 Å². The maximum absolute atomic E-state index is 5.70. The topological polar surface area (TPSA) is 9.23 Å². The molecule has 0 aromatic carbocycles. The minimum atomic E-state index is 0.342. The van der Waals surface area contributed by atoms with E-state index in [-0.39, 0.29) is 0 Å². The van der Waals surface area contributed by atoms with Crippen molar-refractivity contribution in [2.75, 3.05) is 0 Å². The van der Waals surface area contributed by atoms with Crippen molar-refractivity contribution < 1.29 is 4.74 Å². The van der Waals surface area contributed by atoms with Crippen molar-refractivity contribution in [3.8, 4) is 0 Å². The number of rotatable bonds is 2. The SMILES string of the molecule is C=C1CCCCC1OC(C)C. The maximum Gasteiger partial charge on any atom is 0.0785 e. The molecular weight excluding hydrogens is 136 g/mol. The van der Waals surface area contributed by atoms with Gasteiger partial charge in [0, 0.05) is 0 Å². The summed E-state index contributed by atoms with van der Waals surface area (Å²) in [5.74, 6) is 0. The van der Waals surface area contributed by atoms with Crippen LogP contribution in [0, 0.1) is 0 Å². The molecule has 0 aromatic heterocycles. The van der Waals surface area contributed by atoms with Crippen LogP contribution in [0.2, 0.25) is 0 Å². The summed E-state index contributed by atoms with van der Waals surface area (Å²) in [5.41, 5.74) is 1.30. The highest BCUT2D eigenvalue weighted by Crippen LogP contribution is 2.25. The number of hydrogen-bond acceptors (Lipinski definition) is 1. The molecule has 1 fully saturated rings. The molecule has 1 saturated carbocycles. The molecule has 1 heteroatoms. The zero-order chi connectivity index (χ0) is 8.27. The molecule has 64 valence electrons. The molecule has 1 unspecified atom stereocenters. The Morgan fingerprint density at radius 3 is 2.73 bits per heavy atom. The van der Waals surface area contributed by atoms with Crippen molar-refractivity contribution >= 4 is 0 Å². The van der Waals surface area contributed by atoms with Gasteiger partial charge in [0.2, 0.25) is 0 Å². The van der Waals surface area contributed by atoms with Gasteiger partial charge in [0.25, 0.3) is 0 Å². The lowest BCUT2D eigenvalue weighted by Gasteiger charge is -2.26. The Morgan fingerprint density at radius 1 is 1.45 bits per heavy atom. The van der Waals surface area contributed by atoms with Crippen LogP contribution in [0.4, 0.5) is 0 Å². The van der Waals surface area contributed by atoms with Gasteiger partial charge in [-0.2, -0.15) is 0 Å². The van der Waals surface area contributed by atoms with Gasteiger partial charge in [0.1, 0.15) is 0 Å².